The van der Waals surface area contributed by atoms with Gasteiger partial charge in [0.1, 0.15) is 5.75 Å². The number of phenols is 1. The molecule has 0 spiro atoms. The first kappa shape index (κ1) is 13.9. The molecule has 0 bridgehead atoms. The summed E-state index contributed by atoms with van der Waals surface area (Å²) in [7, 11) is -2.67. The molecule has 0 heterocycles. The molecule has 0 fully saturated rings. The van der Waals surface area contributed by atoms with Crippen LogP contribution >= 0.6 is 12.6 Å². The number of phenolic OH excluding ortho intramolecular Hbond substituents is 1. The van der Waals surface area contributed by atoms with Crippen LogP contribution in [0.25, 0.3) is 0 Å². The van der Waals surface area contributed by atoms with E-state index in [0.29, 0.717) is 4.90 Å². The summed E-state index contributed by atoms with van der Waals surface area (Å²) >= 11 is 3.88. The summed E-state index contributed by atoms with van der Waals surface area (Å²) in [4.78, 5) is 0.223. The molecule has 74 valence electrons. The van der Waals surface area contributed by atoms with Crippen molar-refractivity contribution < 1.29 is 37.2 Å². The van der Waals surface area contributed by atoms with Crippen molar-refractivity contribution in [2.24, 2.45) is 0 Å². The normalized spacial score (nSPS) is 10.7. The van der Waals surface area contributed by atoms with Gasteiger partial charge in [-0.05, 0) is 12.1 Å². The standard InChI is InChI=1S/C7H8O4S2.Zn/c1-11-13(9,10)5-2-3-7(12)6(8)4-5;/h2-4,8,12H,1H3;. The molecule has 1 aromatic carbocycles. The molecule has 1 rings (SSSR count). The Labute approximate surface area is 101 Å². The molecule has 0 amide bonds. The van der Waals surface area contributed by atoms with Crippen molar-refractivity contribution in [2.75, 3.05) is 7.11 Å². The van der Waals surface area contributed by atoms with Gasteiger partial charge in [0.05, 0.1) is 12.0 Å². The van der Waals surface area contributed by atoms with Gasteiger partial charge in [-0.3, -0.25) is 4.18 Å². The molecular weight excluding hydrogens is 278 g/mol. The average molecular weight is 286 g/mol. The van der Waals surface area contributed by atoms with Crippen LogP contribution in [-0.2, 0) is 33.8 Å². The van der Waals surface area contributed by atoms with Crippen LogP contribution in [0.4, 0.5) is 0 Å². The second-order valence-corrected chi connectivity index (χ2v) is 4.47. The fourth-order valence-electron chi connectivity index (χ4n) is 0.755. The van der Waals surface area contributed by atoms with E-state index in [1.165, 1.54) is 12.1 Å². The van der Waals surface area contributed by atoms with E-state index < -0.39 is 10.1 Å². The molecule has 0 saturated heterocycles. The summed E-state index contributed by atoms with van der Waals surface area (Å²) in [5, 5.41) is 9.16. The molecule has 14 heavy (non-hydrogen) atoms. The van der Waals surface area contributed by atoms with Crippen LogP contribution in [0.1, 0.15) is 0 Å². The SMILES string of the molecule is COS(=O)(=O)c1ccc(S)c(O)c1.[Zn]. The van der Waals surface area contributed by atoms with Gasteiger partial charge in [-0.15, -0.1) is 12.6 Å². The number of hydrogen-bond donors (Lipinski definition) is 2. The third-order valence-electron chi connectivity index (χ3n) is 1.45. The molecule has 1 N–H and O–H groups in total. The second-order valence-electron chi connectivity index (χ2n) is 2.27. The second kappa shape index (κ2) is 5.12. The Bertz CT molecular complexity index is 416. The molecule has 0 aliphatic heterocycles. The van der Waals surface area contributed by atoms with Crippen molar-refractivity contribution >= 4 is 22.7 Å². The predicted molar refractivity (Wildman–Crippen MR) is 49.6 cm³/mol. The van der Waals surface area contributed by atoms with Crippen molar-refractivity contribution in [1.82, 2.24) is 0 Å². The third kappa shape index (κ3) is 2.95. The van der Waals surface area contributed by atoms with Crippen LogP contribution in [0.2, 0.25) is 0 Å². The number of thiol groups is 1. The zero-order valence-corrected chi connectivity index (χ0v) is 12.1. The Hall–Kier alpha value is -0.0966. The van der Waals surface area contributed by atoms with E-state index >= 15 is 0 Å². The van der Waals surface area contributed by atoms with Crippen LogP contribution in [0.15, 0.2) is 28.0 Å². The van der Waals surface area contributed by atoms with E-state index in [9.17, 15) is 8.42 Å². The number of benzene rings is 1. The van der Waals surface area contributed by atoms with Crippen molar-refractivity contribution in [1.29, 1.82) is 0 Å². The summed E-state index contributed by atoms with van der Waals surface area (Å²) in [5.41, 5.74) is 0. The van der Waals surface area contributed by atoms with Crippen LogP contribution in [0.5, 0.6) is 5.75 Å². The van der Waals surface area contributed by atoms with Crippen molar-refractivity contribution in [3.8, 4) is 5.75 Å². The van der Waals surface area contributed by atoms with Gasteiger partial charge in [-0.1, -0.05) is 0 Å². The van der Waals surface area contributed by atoms with Gasteiger partial charge >= 0.3 is 0 Å². The fraction of sp³-hybridized carbons (Fsp3) is 0.143. The number of hydrogen-bond acceptors (Lipinski definition) is 5. The molecule has 0 aromatic heterocycles. The minimum atomic E-state index is -3.73. The molecule has 0 radical (unpaired) electrons. The first-order chi connectivity index (χ1) is 5.97. The zero-order valence-electron chi connectivity index (χ0n) is 7.47. The van der Waals surface area contributed by atoms with E-state index in [0.717, 1.165) is 13.2 Å². The van der Waals surface area contributed by atoms with E-state index in [1.807, 2.05) is 0 Å². The summed E-state index contributed by atoms with van der Waals surface area (Å²) in [6.07, 6.45) is 0. The molecule has 0 unspecified atom stereocenters. The van der Waals surface area contributed by atoms with Crippen molar-refractivity contribution in [3.63, 3.8) is 0 Å². The first-order valence-corrected chi connectivity index (χ1v) is 5.15. The van der Waals surface area contributed by atoms with Crippen LogP contribution < -0.4 is 0 Å². The first-order valence-electron chi connectivity index (χ1n) is 3.30. The van der Waals surface area contributed by atoms with Gasteiger partial charge < -0.3 is 5.11 Å². The Morgan fingerprint density at radius 1 is 1.43 bits per heavy atom. The van der Waals surface area contributed by atoms with E-state index in [4.69, 9.17) is 5.11 Å². The van der Waals surface area contributed by atoms with Gasteiger partial charge in [-0.2, -0.15) is 8.42 Å². The maximum Gasteiger partial charge on any atom is 0.296 e. The number of aromatic hydroxyl groups is 1. The maximum absolute atomic E-state index is 11.1. The molecular formula is C7H8O4S2Zn. The monoisotopic (exact) mass is 284 g/mol. The smallest absolute Gasteiger partial charge is 0.296 e. The van der Waals surface area contributed by atoms with Crippen LogP contribution in [-0.4, -0.2) is 20.6 Å². The van der Waals surface area contributed by atoms with Gasteiger partial charge in [0.25, 0.3) is 10.1 Å². The summed E-state index contributed by atoms with van der Waals surface area (Å²) in [6, 6.07) is 3.77. The fourth-order valence-corrected chi connectivity index (χ4v) is 1.58. The molecule has 7 heteroatoms. The molecule has 0 atom stereocenters. The minimum absolute atomic E-state index is 0. The van der Waals surface area contributed by atoms with Crippen LogP contribution in [0.3, 0.4) is 0 Å². The van der Waals surface area contributed by atoms with E-state index in [-0.39, 0.29) is 30.1 Å². The third-order valence-corrected chi connectivity index (χ3v) is 3.10. The molecule has 0 aliphatic rings. The van der Waals surface area contributed by atoms with E-state index in [1.54, 1.807) is 0 Å². The Morgan fingerprint density at radius 2 is 2.00 bits per heavy atom. The van der Waals surface area contributed by atoms with Crippen LogP contribution in [0, 0.1) is 0 Å². The average Bonchev–Trinajstić information content (AvgIpc) is 2.09. The predicted octanol–water partition coefficient (Wildman–Crippen LogP) is 1.01. The quantitative estimate of drug-likeness (QED) is 0.484. The number of rotatable bonds is 2. The molecule has 0 saturated carbocycles. The Kier molecular flexibility index (Phi) is 5.08. The van der Waals surface area contributed by atoms with Gasteiger partial charge in [0, 0.05) is 30.4 Å². The summed E-state index contributed by atoms with van der Waals surface area (Å²) < 4.78 is 26.5. The minimum Gasteiger partial charge on any atom is -0.507 e. The largest absolute Gasteiger partial charge is 0.507 e. The zero-order chi connectivity index (χ0) is 10.1. The van der Waals surface area contributed by atoms with Gasteiger partial charge in [-0.25, -0.2) is 0 Å². The maximum atomic E-state index is 11.1. The van der Waals surface area contributed by atoms with Crippen molar-refractivity contribution in [2.45, 2.75) is 9.79 Å². The Balaban J connectivity index is 0.00000169. The topological polar surface area (TPSA) is 63.6 Å². The van der Waals surface area contributed by atoms with Crippen molar-refractivity contribution in [3.05, 3.63) is 18.2 Å². The van der Waals surface area contributed by atoms with Gasteiger partial charge in [0.2, 0.25) is 0 Å². The van der Waals surface area contributed by atoms with Gasteiger partial charge in [0.15, 0.2) is 0 Å². The molecule has 1 aromatic rings. The molecule has 0 aliphatic carbocycles. The van der Waals surface area contributed by atoms with E-state index in [2.05, 4.69) is 16.8 Å². The molecule has 4 nitrogen and oxygen atoms in total. The summed E-state index contributed by atoms with van der Waals surface area (Å²) in [5.74, 6) is -0.193. The summed E-state index contributed by atoms with van der Waals surface area (Å²) in [6.45, 7) is 0. The Morgan fingerprint density at radius 3 is 2.43 bits per heavy atom.